The number of hydrogen-bond acceptors (Lipinski definition) is 4. The summed E-state index contributed by atoms with van der Waals surface area (Å²) in [4.78, 5) is 24.0. The van der Waals surface area contributed by atoms with Crippen LogP contribution in [0.2, 0.25) is 0 Å². The Morgan fingerprint density at radius 1 is 0.966 bits per heavy atom. The fourth-order valence-electron chi connectivity index (χ4n) is 4.58. The lowest BCUT2D eigenvalue weighted by atomic mass is 9.92. The van der Waals surface area contributed by atoms with Gasteiger partial charge in [0.05, 0.1) is 0 Å². The van der Waals surface area contributed by atoms with Crippen molar-refractivity contribution < 1.29 is 4.79 Å². The first-order valence-electron chi connectivity index (χ1n) is 11.0. The molecule has 2 saturated heterocycles. The van der Waals surface area contributed by atoms with E-state index in [1.807, 2.05) is 29.3 Å². The molecule has 1 aromatic carbocycles. The molecular weight excluding hydrogens is 360 g/mol. The van der Waals surface area contributed by atoms with Crippen molar-refractivity contribution in [3.05, 3.63) is 60.3 Å². The summed E-state index contributed by atoms with van der Waals surface area (Å²) >= 11 is 0. The van der Waals surface area contributed by atoms with Crippen molar-refractivity contribution in [1.29, 1.82) is 0 Å². The second-order valence-corrected chi connectivity index (χ2v) is 8.32. The Hall–Kier alpha value is -2.40. The summed E-state index contributed by atoms with van der Waals surface area (Å²) in [6, 6.07) is 16.7. The number of rotatable bonds is 6. The second kappa shape index (κ2) is 9.88. The Morgan fingerprint density at radius 3 is 2.52 bits per heavy atom. The number of hydrogen-bond donors (Lipinski definition) is 0. The molecule has 154 valence electrons. The summed E-state index contributed by atoms with van der Waals surface area (Å²) < 4.78 is 0. The summed E-state index contributed by atoms with van der Waals surface area (Å²) in [5, 5.41) is 0. The van der Waals surface area contributed by atoms with Crippen LogP contribution in [0.5, 0.6) is 0 Å². The molecule has 0 spiro atoms. The van der Waals surface area contributed by atoms with Crippen LogP contribution in [-0.4, -0.2) is 60.0 Å². The SMILES string of the molecule is O=C(CC[C@H]1CCCN(Cc2ccccc2)C1)N1CCN(c2ccccn2)CC1. The molecule has 3 heterocycles. The fraction of sp³-hybridized carbons (Fsp3) is 0.500. The summed E-state index contributed by atoms with van der Waals surface area (Å²) in [5.74, 6) is 1.98. The molecule has 2 aliphatic heterocycles. The molecule has 2 aliphatic rings. The topological polar surface area (TPSA) is 39.7 Å². The van der Waals surface area contributed by atoms with Gasteiger partial charge in [0.1, 0.15) is 5.82 Å². The van der Waals surface area contributed by atoms with Gasteiger partial charge in [0.2, 0.25) is 5.91 Å². The monoisotopic (exact) mass is 392 g/mol. The molecule has 0 bridgehead atoms. The molecule has 0 N–H and O–H groups in total. The first kappa shape index (κ1) is 19.9. The maximum absolute atomic E-state index is 12.7. The summed E-state index contributed by atoms with van der Waals surface area (Å²) in [7, 11) is 0. The van der Waals surface area contributed by atoms with E-state index in [1.54, 1.807) is 0 Å². The van der Waals surface area contributed by atoms with E-state index in [-0.39, 0.29) is 0 Å². The largest absolute Gasteiger partial charge is 0.353 e. The number of aromatic nitrogens is 1. The van der Waals surface area contributed by atoms with E-state index < -0.39 is 0 Å². The van der Waals surface area contributed by atoms with Gasteiger partial charge in [-0.2, -0.15) is 0 Å². The minimum Gasteiger partial charge on any atom is -0.353 e. The molecule has 5 nitrogen and oxygen atoms in total. The minimum atomic E-state index is 0.325. The van der Waals surface area contributed by atoms with Crippen LogP contribution in [0.3, 0.4) is 0 Å². The summed E-state index contributed by atoms with van der Waals surface area (Å²) in [6.45, 7) is 6.68. The molecule has 4 rings (SSSR count). The Kier molecular flexibility index (Phi) is 6.78. The van der Waals surface area contributed by atoms with Crippen LogP contribution in [-0.2, 0) is 11.3 Å². The predicted molar refractivity (Wildman–Crippen MR) is 117 cm³/mol. The minimum absolute atomic E-state index is 0.325. The number of carbonyl (C=O) groups excluding carboxylic acids is 1. The third kappa shape index (κ3) is 5.57. The molecule has 0 unspecified atom stereocenters. The lowest BCUT2D eigenvalue weighted by molar-refractivity contribution is -0.131. The van der Waals surface area contributed by atoms with Crippen molar-refractivity contribution in [1.82, 2.24) is 14.8 Å². The Balaban J connectivity index is 1.19. The number of nitrogens with zero attached hydrogens (tertiary/aromatic N) is 4. The number of amides is 1. The van der Waals surface area contributed by atoms with E-state index in [0.29, 0.717) is 18.2 Å². The van der Waals surface area contributed by atoms with Crippen molar-refractivity contribution in [2.75, 3.05) is 44.2 Å². The molecule has 1 atom stereocenters. The molecule has 0 saturated carbocycles. The van der Waals surface area contributed by atoms with Gasteiger partial charge in [-0.25, -0.2) is 4.98 Å². The molecule has 1 amide bonds. The zero-order valence-corrected chi connectivity index (χ0v) is 17.2. The first-order chi connectivity index (χ1) is 14.3. The Morgan fingerprint density at radius 2 is 1.76 bits per heavy atom. The zero-order chi connectivity index (χ0) is 19.9. The van der Waals surface area contributed by atoms with Gasteiger partial charge in [-0.1, -0.05) is 36.4 Å². The lowest BCUT2D eigenvalue weighted by Crippen LogP contribution is -2.49. The highest BCUT2D eigenvalue weighted by Gasteiger charge is 2.24. The van der Waals surface area contributed by atoms with Crippen LogP contribution in [0.25, 0.3) is 0 Å². The van der Waals surface area contributed by atoms with Gasteiger partial charge in [-0.3, -0.25) is 9.69 Å². The van der Waals surface area contributed by atoms with Crippen LogP contribution in [0.4, 0.5) is 5.82 Å². The van der Waals surface area contributed by atoms with Crippen molar-refractivity contribution >= 4 is 11.7 Å². The van der Waals surface area contributed by atoms with Crippen molar-refractivity contribution in [2.45, 2.75) is 32.2 Å². The standard InChI is InChI=1S/C24H32N4O/c29-24(28-17-15-27(16-18-28)23-10-4-5-13-25-23)12-11-22-9-6-14-26(20-22)19-21-7-2-1-3-8-21/h1-5,7-8,10,13,22H,6,9,11-12,14-20H2/t22-/m1/s1. The number of likely N-dealkylation sites (tertiary alicyclic amines) is 1. The van der Waals surface area contributed by atoms with Gasteiger partial charge in [0.15, 0.2) is 0 Å². The van der Waals surface area contributed by atoms with Crippen LogP contribution in [0.15, 0.2) is 54.7 Å². The van der Waals surface area contributed by atoms with Gasteiger partial charge in [0, 0.05) is 51.9 Å². The van der Waals surface area contributed by atoms with Gasteiger partial charge >= 0.3 is 0 Å². The quantitative estimate of drug-likeness (QED) is 0.755. The second-order valence-electron chi connectivity index (χ2n) is 8.32. The van der Waals surface area contributed by atoms with E-state index in [1.165, 1.54) is 24.9 Å². The van der Waals surface area contributed by atoms with Gasteiger partial charge in [-0.05, 0) is 49.4 Å². The number of pyridine rings is 1. The highest BCUT2D eigenvalue weighted by atomic mass is 16.2. The van der Waals surface area contributed by atoms with Crippen LogP contribution < -0.4 is 4.90 Å². The van der Waals surface area contributed by atoms with Crippen LogP contribution >= 0.6 is 0 Å². The molecular formula is C24H32N4O. The van der Waals surface area contributed by atoms with E-state index >= 15 is 0 Å². The smallest absolute Gasteiger partial charge is 0.222 e. The Labute approximate surface area is 174 Å². The predicted octanol–water partition coefficient (Wildman–Crippen LogP) is 3.42. The normalized spacial score (nSPS) is 20.6. The fourth-order valence-corrected chi connectivity index (χ4v) is 4.58. The van der Waals surface area contributed by atoms with Crippen LogP contribution in [0.1, 0.15) is 31.2 Å². The maximum atomic E-state index is 12.7. The highest BCUT2D eigenvalue weighted by Crippen LogP contribution is 2.23. The summed E-state index contributed by atoms with van der Waals surface area (Å²) in [5.41, 5.74) is 1.38. The average Bonchev–Trinajstić information content (AvgIpc) is 2.79. The van der Waals surface area contributed by atoms with Crippen molar-refractivity contribution in [2.24, 2.45) is 5.92 Å². The van der Waals surface area contributed by atoms with Gasteiger partial charge in [0.25, 0.3) is 0 Å². The number of benzene rings is 1. The van der Waals surface area contributed by atoms with E-state index in [2.05, 4.69) is 45.1 Å². The number of anilines is 1. The van der Waals surface area contributed by atoms with E-state index in [0.717, 1.165) is 51.5 Å². The van der Waals surface area contributed by atoms with Gasteiger partial charge in [-0.15, -0.1) is 0 Å². The molecule has 2 fully saturated rings. The molecule has 5 heteroatoms. The molecule has 29 heavy (non-hydrogen) atoms. The average molecular weight is 393 g/mol. The third-order valence-electron chi connectivity index (χ3n) is 6.22. The summed E-state index contributed by atoms with van der Waals surface area (Å²) in [6.07, 6.45) is 6.04. The molecule has 1 aromatic heterocycles. The number of carbonyl (C=O) groups is 1. The van der Waals surface area contributed by atoms with Crippen LogP contribution in [0, 0.1) is 5.92 Å². The van der Waals surface area contributed by atoms with Crippen molar-refractivity contribution in [3.63, 3.8) is 0 Å². The zero-order valence-electron chi connectivity index (χ0n) is 17.2. The van der Waals surface area contributed by atoms with Crippen molar-refractivity contribution in [3.8, 4) is 0 Å². The van der Waals surface area contributed by atoms with E-state index in [4.69, 9.17) is 0 Å². The Bertz CT molecular complexity index is 759. The van der Waals surface area contributed by atoms with Gasteiger partial charge < -0.3 is 9.80 Å². The van der Waals surface area contributed by atoms with E-state index in [9.17, 15) is 4.79 Å². The maximum Gasteiger partial charge on any atom is 0.222 e. The number of piperazine rings is 1. The molecule has 0 radical (unpaired) electrons. The first-order valence-corrected chi connectivity index (χ1v) is 11.0. The number of piperidine rings is 1. The molecule has 2 aromatic rings. The highest BCUT2D eigenvalue weighted by molar-refractivity contribution is 5.76. The third-order valence-corrected chi connectivity index (χ3v) is 6.22. The molecule has 0 aliphatic carbocycles. The lowest BCUT2D eigenvalue weighted by Gasteiger charge is -2.36.